The van der Waals surface area contributed by atoms with E-state index in [9.17, 15) is 9.59 Å². The first kappa shape index (κ1) is 12.9. The van der Waals surface area contributed by atoms with E-state index in [0.29, 0.717) is 36.2 Å². The third kappa shape index (κ3) is 2.12. The third-order valence-corrected chi connectivity index (χ3v) is 3.67. The van der Waals surface area contributed by atoms with Crippen molar-refractivity contribution in [3.8, 4) is 0 Å². The van der Waals surface area contributed by atoms with Gasteiger partial charge in [0.15, 0.2) is 5.78 Å². The number of nitrogens with zero attached hydrogens (tertiary/aromatic N) is 1. The van der Waals surface area contributed by atoms with E-state index in [4.69, 9.17) is 16.0 Å². The van der Waals surface area contributed by atoms with Gasteiger partial charge in [-0.2, -0.15) is 0 Å². The molecule has 4 nitrogen and oxygen atoms in total. The van der Waals surface area contributed by atoms with Crippen LogP contribution in [0.4, 0.5) is 5.69 Å². The molecule has 0 radical (unpaired) electrons. The van der Waals surface area contributed by atoms with Crippen LogP contribution in [0.25, 0.3) is 0 Å². The molecule has 20 heavy (non-hydrogen) atoms. The van der Waals surface area contributed by atoms with Gasteiger partial charge in [0, 0.05) is 18.5 Å². The van der Waals surface area contributed by atoms with Gasteiger partial charge in [-0.3, -0.25) is 9.59 Å². The molecule has 0 aliphatic carbocycles. The Morgan fingerprint density at radius 3 is 2.80 bits per heavy atom. The molecule has 1 aliphatic rings. The minimum atomic E-state index is -0.245. The van der Waals surface area contributed by atoms with Crippen LogP contribution >= 0.6 is 11.6 Å². The number of para-hydroxylation sites is 1. The fourth-order valence-corrected chi connectivity index (χ4v) is 2.60. The summed E-state index contributed by atoms with van der Waals surface area (Å²) in [5.41, 5.74) is 1.53. The van der Waals surface area contributed by atoms with Gasteiger partial charge < -0.3 is 9.32 Å². The molecule has 2 aromatic rings. The first-order chi connectivity index (χ1) is 9.68. The number of carbonyl (C=O) groups is 2. The van der Waals surface area contributed by atoms with E-state index in [2.05, 4.69) is 0 Å². The quantitative estimate of drug-likeness (QED) is 0.806. The lowest BCUT2D eigenvalue weighted by Gasteiger charge is -2.21. The molecule has 3 rings (SSSR count). The van der Waals surface area contributed by atoms with Crippen molar-refractivity contribution in [2.24, 2.45) is 0 Å². The number of hydrogen-bond acceptors (Lipinski definition) is 3. The lowest BCUT2D eigenvalue weighted by atomic mass is 10.1. The van der Waals surface area contributed by atoms with E-state index < -0.39 is 0 Å². The highest BCUT2D eigenvalue weighted by atomic mass is 35.5. The number of fused-ring (bicyclic) bond motifs is 1. The molecule has 0 saturated carbocycles. The molecule has 0 saturated heterocycles. The number of anilines is 1. The maximum atomic E-state index is 12.6. The first-order valence-corrected chi connectivity index (χ1v) is 6.73. The molecule has 0 unspecified atom stereocenters. The number of halogens is 1. The van der Waals surface area contributed by atoms with Crippen molar-refractivity contribution < 1.29 is 14.0 Å². The average Bonchev–Trinajstić information content (AvgIpc) is 2.81. The monoisotopic (exact) mass is 289 g/mol. The summed E-state index contributed by atoms with van der Waals surface area (Å²) in [7, 11) is 0. The van der Waals surface area contributed by atoms with Crippen LogP contribution in [-0.2, 0) is 0 Å². The van der Waals surface area contributed by atoms with Crippen LogP contribution < -0.4 is 4.90 Å². The molecule has 0 bridgehead atoms. The Morgan fingerprint density at radius 1 is 1.25 bits per heavy atom. The van der Waals surface area contributed by atoms with Gasteiger partial charge in [0.05, 0.1) is 17.5 Å². The minimum absolute atomic E-state index is 0.0641. The van der Waals surface area contributed by atoms with Gasteiger partial charge in [0.1, 0.15) is 0 Å². The molecule has 2 heterocycles. The Labute approximate surface area is 120 Å². The Balaban J connectivity index is 2.06. The van der Waals surface area contributed by atoms with Gasteiger partial charge in [0.25, 0.3) is 5.91 Å². The van der Waals surface area contributed by atoms with Gasteiger partial charge in [-0.25, -0.2) is 0 Å². The van der Waals surface area contributed by atoms with Crippen LogP contribution in [0.2, 0.25) is 5.22 Å². The summed E-state index contributed by atoms with van der Waals surface area (Å²) in [6.45, 7) is 0.489. The van der Waals surface area contributed by atoms with Crippen LogP contribution in [0, 0.1) is 0 Å². The van der Waals surface area contributed by atoms with Crippen molar-refractivity contribution in [3.05, 3.63) is 52.9 Å². The summed E-state index contributed by atoms with van der Waals surface area (Å²) < 4.78 is 4.97. The second kappa shape index (κ2) is 5.13. The SMILES string of the molecule is O=C1CCCN(C(=O)c2ccoc2Cl)c2ccccc21. The van der Waals surface area contributed by atoms with Crippen molar-refractivity contribution in [1.82, 2.24) is 0 Å². The molecule has 1 aliphatic heterocycles. The van der Waals surface area contributed by atoms with E-state index in [1.54, 1.807) is 29.2 Å². The summed E-state index contributed by atoms with van der Waals surface area (Å²) in [4.78, 5) is 26.2. The lowest BCUT2D eigenvalue weighted by molar-refractivity contribution is 0.0973. The summed E-state index contributed by atoms with van der Waals surface area (Å²) >= 11 is 5.87. The molecule has 0 spiro atoms. The fraction of sp³-hybridized carbons (Fsp3) is 0.200. The normalized spacial score (nSPS) is 14.8. The third-order valence-electron chi connectivity index (χ3n) is 3.37. The maximum absolute atomic E-state index is 12.6. The zero-order valence-corrected chi connectivity index (χ0v) is 11.4. The smallest absolute Gasteiger partial charge is 0.263 e. The molecular weight excluding hydrogens is 278 g/mol. The lowest BCUT2D eigenvalue weighted by Crippen LogP contribution is -2.31. The largest absolute Gasteiger partial charge is 0.452 e. The van der Waals surface area contributed by atoms with Crippen LogP contribution in [0.5, 0.6) is 0 Å². The molecule has 0 atom stereocenters. The average molecular weight is 290 g/mol. The molecule has 1 aromatic carbocycles. The standard InChI is InChI=1S/C15H12ClNO3/c16-14-11(7-9-20-14)15(19)17-8-3-6-13(18)10-4-1-2-5-12(10)17/h1-2,4-5,7,9H,3,6,8H2. The number of furan rings is 1. The molecular formula is C15H12ClNO3. The Morgan fingerprint density at radius 2 is 2.05 bits per heavy atom. The molecule has 1 amide bonds. The Hall–Kier alpha value is -2.07. The zero-order chi connectivity index (χ0) is 14.1. The number of Topliss-reactive ketones (excluding diaryl/α,β-unsaturated/α-hetero) is 1. The van der Waals surface area contributed by atoms with Crippen molar-refractivity contribution >= 4 is 29.0 Å². The zero-order valence-electron chi connectivity index (χ0n) is 10.6. The van der Waals surface area contributed by atoms with Crippen LogP contribution in [-0.4, -0.2) is 18.2 Å². The minimum Gasteiger partial charge on any atom is -0.452 e. The molecule has 5 heteroatoms. The summed E-state index contributed by atoms with van der Waals surface area (Å²) in [5.74, 6) is -0.180. The van der Waals surface area contributed by atoms with Gasteiger partial charge >= 0.3 is 0 Å². The number of hydrogen-bond donors (Lipinski definition) is 0. The van der Waals surface area contributed by atoms with Crippen molar-refractivity contribution in [1.29, 1.82) is 0 Å². The van der Waals surface area contributed by atoms with Gasteiger partial charge in [-0.15, -0.1) is 0 Å². The van der Waals surface area contributed by atoms with Crippen molar-refractivity contribution in [2.45, 2.75) is 12.8 Å². The summed E-state index contributed by atoms with van der Waals surface area (Å²) in [6.07, 6.45) is 2.46. The van der Waals surface area contributed by atoms with Crippen molar-refractivity contribution in [3.63, 3.8) is 0 Å². The van der Waals surface area contributed by atoms with E-state index in [1.807, 2.05) is 6.07 Å². The first-order valence-electron chi connectivity index (χ1n) is 6.35. The molecule has 0 N–H and O–H groups in total. The fourth-order valence-electron chi connectivity index (χ4n) is 2.40. The van der Waals surface area contributed by atoms with Crippen LogP contribution in [0.3, 0.4) is 0 Å². The van der Waals surface area contributed by atoms with Gasteiger partial charge in [0.2, 0.25) is 5.22 Å². The highest BCUT2D eigenvalue weighted by molar-refractivity contribution is 6.33. The highest BCUT2D eigenvalue weighted by Gasteiger charge is 2.27. The summed E-state index contributed by atoms with van der Waals surface area (Å²) in [6, 6.07) is 8.69. The van der Waals surface area contributed by atoms with E-state index in [1.165, 1.54) is 6.26 Å². The summed E-state index contributed by atoms with van der Waals surface area (Å²) in [5, 5.41) is 0.0723. The maximum Gasteiger partial charge on any atom is 0.263 e. The second-order valence-corrected chi connectivity index (χ2v) is 4.95. The van der Waals surface area contributed by atoms with E-state index in [-0.39, 0.29) is 16.9 Å². The van der Waals surface area contributed by atoms with Crippen LogP contribution in [0.15, 0.2) is 41.0 Å². The Kier molecular flexibility index (Phi) is 3.32. The van der Waals surface area contributed by atoms with Gasteiger partial charge in [-0.1, -0.05) is 12.1 Å². The topological polar surface area (TPSA) is 50.5 Å². The predicted molar refractivity (Wildman–Crippen MR) is 75.4 cm³/mol. The number of benzene rings is 1. The number of rotatable bonds is 1. The highest BCUT2D eigenvalue weighted by Crippen LogP contribution is 2.29. The van der Waals surface area contributed by atoms with Gasteiger partial charge in [-0.05, 0) is 36.2 Å². The second-order valence-electron chi connectivity index (χ2n) is 4.61. The van der Waals surface area contributed by atoms with E-state index in [0.717, 1.165) is 0 Å². The van der Waals surface area contributed by atoms with Crippen LogP contribution in [0.1, 0.15) is 33.6 Å². The number of amides is 1. The molecule has 102 valence electrons. The number of carbonyl (C=O) groups excluding carboxylic acids is 2. The predicted octanol–water partition coefficient (Wildman–Crippen LogP) is 3.56. The number of ketones is 1. The van der Waals surface area contributed by atoms with Crippen molar-refractivity contribution in [2.75, 3.05) is 11.4 Å². The van der Waals surface area contributed by atoms with E-state index >= 15 is 0 Å². The molecule has 1 aromatic heterocycles. The Bertz CT molecular complexity index is 677. The molecule has 0 fully saturated rings.